The molecule has 3 nitrogen and oxygen atoms in total. The number of rotatable bonds is 3. The Morgan fingerprint density at radius 3 is 2.12 bits per heavy atom. The van der Waals surface area contributed by atoms with E-state index in [1.807, 2.05) is 0 Å². The van der Waals surface area contributed by atoms with Crippen molar-refractivity contribution in [2.75, 3.05) is 11.9 Å². The minimum Gasteiger partial charge on any atom is -0.418 e. The molecule has 0 spiro atoms. The number of halogens is 8. The third-order valence-corrected chi connectivity index (χ3v) is 4.12. The molecule has 0 aromatic heterocycles. The van der Waals surface area contributed by atoms with Crippen molar-refractivity contribution in [3.8, 4) is 0 Å². The van der Waals surface area contributed by atoms with Crippen molar-refractivity contribution >= 4 is 30.2 Å². The lowest BCUT2D eigenvalue weighted by atomic mass is 9.89. The molecule has 1 aromatic rings. The molecule has 1 aromatic carbocycles. The van der Waals surface area contributed by atoms with Crippen molar-refractivity contribution in [1.82, 2.24) is 0 Å². The van der Waals surface area contributed by atoms with Crippen molar-refractivity contribution in [1.29, 1.82) is 5.39 Å². The summed E-state index contributed by atoms with van der Waals surface area (Å²) < 4.78 is 77.7. The lowest BCUT2D eigenvalue weighted by Crippen LogP contribution is -2.17. The van der Waals surface area contributed by atoms with Crippen LogP contribution in [0.15, 0.2) is 12.1 Å². The van der Waals surface area contributed by atoms with Crippen LogP contribution in [0.1, 0.15) is 37.7 Å². The fourth-order valence-electron chi connectivity index (χ4n) is 2.65. The SMILES string of the molecule is F[B-](F)(F)F.N#[N+]c1cc(Cl)c(NCC2CCCCC2)cc1C(F)(F)F. The highest BCUT2D eigenvalue weighted by atomic mass is 35.5. The summed E-state index contributed by atoms with van der Waals surface area (Å²) in [7, 11) is -6.00. The first kappa shape index (κ1) is 22.3. The maximum Gasteiger partial charge on any atom is 0.673 e. The van der Waals surface area contributed by atoms with Gasteiger partial charge in [0.25, 0.3) is 0 Å². The second-order valence-corrected chi connectivity index (χ2v) is 6.23. The Bertz CT molecular complexity index is 631. The van der Waals surface area contributed by atoms with E-state index in [-0.39, 0.29) is 10.7 Å². The van der Waals surface area contributed by atoms with Gasteiger partial charge in [-0.05, 0) is 24.8 Å². The summed E-state index contributed by atoms with van der Waals surface area (Å²) in [6.45, 7) is 0.604. The molecule has 12 heteroatoms. The van der Waals surface area contributed by atoms with Gasteiger partial charge in [0.2, 0.25) is 5.39 Å². The molecular weight excluding hydrogens is 389 g/mol. The standard InChI is InChI=1S/C14H16ClF3N3.BF4/c15-11-7-12(21-19)10(14(16,17)18)6-13(11)20-8-9-4-2-1-3-5-9;2-1(3,4)5/h6-7,9,20H,1-5,8H2;/q+1;-1. The number of anilines is 1. The van der Waals surface area contributed by atoms with Crippen LogP contribution in [0.25, 0.3) is 4.98 Å². The summed E-state index contributed by atoms with van der Waals surface area (Å²) in [6, 6.07) is 1.92. The predicted octanol–water partition coefficient (Wildman–Crippen LogP) is 7.14. The summed E-state index contributed by atoms with van der Waals surface area (Å²) in [5, 5.41) is 11.8. The molecule has 0 heterocycles. The highest BCUT2D eigenvalue weighted by molar-refractivity contribution is 6.50. The van der Waals surface area contributed by atoms with Crippen LogP contribution in [-0.2, 0) is 6.18 Å². The molecule has 1 aliphatic carbocycles. The van der Waals surface area contributed by atoms with Gasteiger partial charge in [0.1, 0.15) is 0 Å². The minimum absolute atomic E-state index is 0.117. The number of alkyl halides is 3. The first-order valence-corrected chi connectivity index (χ1v) is 8.16. The zero-order valence-corrected chi connectivity index (χ0v) is 14.2. The molecule has 0 unspecified atom stereocenters. The van der Waals surface area contributed by atoms with Crippen LogP contribution in [0, 0.1) is 11.3 Å². The zero-order chi connectivity index (χ0) is 20.0. The number of nitrogens with zero attached hydrogens (tertiary/aromatic N) is 2. The third kappa shape index (κ3) is 8.12. The molecule has 1 fully saturated rings. The van der Waals surface area contributed by atoms with E-state index in [4.69, 9.17) is 17.0 Å². The Morgan fingerprint density at radius 2 is 1.65 bits per heavy atom. The summed E-state index contributed by atoms with van der Waals surface area (Å²) in [5.74, 6) is 0.464. The first-order valence-electron chi connectivity index (χ1n) is 7.79. The maximum atomic E-state index is 12.9. The Hall–Kier alpha value is -1.70. The lowest BCUT2D eigenvalue weighted by Gasteiger charge is -2.22. The summed E-state index contributed by atoms with van der Waals surface area (Å²) >= 11 is 5.95. The molecular formula is C14H16BClF7N3. The molecule has 0 saturated heterocycles. The van der Waals surface area contributed by atoms with Crippen LogP contribution in [0.3, 0.4) is 0 Å². The first-order chi connectivity index (χ1) is 11.9. The van der Waals surface area contributed by atoms with Gasteiger partial charge in [-0.1, -0.05) is 30.9 Å². The van der Waals surface area contributed by atoms with E-state index in [0.717, 1.165) is 37.8 Å². The molecule has 1 aliphatic rings. The normalized spacial score (nSPS) is 15.7. The third-order valence-electron chi connectivity index (χ3n) is 3.80. The van der Waals surface area contributed by atoms with Crippen LogP contribution in [0.5, 0.6) is 0 Å². The topological polar surface area (TPSA) is 40.2 Å². The highest BCUT2D eigenvalue weighted by Crippen LogP contribution is 2.41. The van der Waals surface area contributed by atoms with Gasteiger partial charge in [0.15, 0.2) is 10.5 Å². The lowest BCUT2D eigenvalue weighted by molar-refractivity contribution is -0.136. The largest absolute Gasteiger partial charge is 0.673 e. The van der Waals surface area contributed by atoms with Crippen molar-refractivity contribution in [3.05, 3.63) is 27.7 Å². The van der Waals surface area contributed by atoms with Gasteiger partial charge >= 0.3 is 19.1 Å². The fourth-order valence-corrected chi connectivity index (χ4v) is 2.88. The molecule has 0 radical (unpaired) electrons. The van der Waals surface area contributed by atoms with Crippen molar-refractivity contribution in [2.45, 2.75) is 38.3 Å². The summed E-state index contributed by atoms with van der Waals surface area (Å²) in [5.41, 5.74) is -1.35. The molecule has 26 heavy (non-hydrogen) atoms. The molecule has 0 amide bonds. The monoisotopic (exact) mass is 405 g/mol. The second-order valence-electron chi connectivity index (χ2n) is 5.83. The Balaban J connectivity index is 0.000000597. The van der Waals surface area contributed by atoms with E-state index in [2.05, 4.69) is 10.3 Å². The van der Waals surface area contributed by atoms with E-state index in [1.165, 1.54) is 6.42 Å². The quantitative estimate of drug-likeness (QED) is 0.330. The van der Waals surface area contributed by atoms with Gasteiger partial charge in [-0.2, -0.15) is 13.2 Å². The highest BCUT2D eigenvalue weighted by Gasteiger charge is 2.40. The van der Waals surface area contributed by atoms with E-state index in [0.29, 0.717) is 12.5 Å². The predicted molar refractivity (Wildman–Crippen MR) is 86.4 cm³/mol. The Kier molecular flexibility index (Phi) is 7.99. The molecule has 1 N–H and O–H groups in total. The number of hydrogen-bond donors (Lipinski definition) is 1. The number of nitrogens with one attached hydrogen (secondary N) is 1. The minimum atomic E-state index is -6.00. The van der Waals surface area contributed by atoms with Gasteiger partial charge in [0.05, 0.1) is 16.8 Å². The van der Waals surface area contributed by atoms with Crippen LogP contribution in [0.4, 0.5) is 41.8 Å². The molecule has 0 bridgehead atoms. The molecule has 0 atom stereocenters. The Morgan fingerprint density at radius 1 is 1.12 bits per heavy atom. The number of benzene rings is 1. The Labute approximate surface area is 150 Å². The summed E-state index contributed by atoms with van der Waals surface area (Å²) in [4.78, 5) is 2.66. The van der Waals surface area contributed by atoms with Crippen molar-refractivity contribution < 1.29 is 30.4 Å². The fraction of sp³-hybridized carbons (Fsp3) is 0.571. The smallest absolute Gasteiger partial charge is 0.418 e. The van der Waals surface area contributed by atoms with E-state index in [9.17, 15) is 30.4 Å². The van der Waals surface area contributed by atoms with Gasteiger partial charge in [-0.25, -0.2) is 0 Å². The van der Waals surface area contributed by atoms with E-state index < -0.39 is 24.7 Å². The van der Waals surface area contributed by atoms with Crippen molar-refractivity contribution in [3.63, 3.8) is 0 Å². The zero-order valence-electron chi connectivity index (χ0n) is 13.5. The molecule has 1 saturated carbocycles. The molecule has 0 aliphatic heterocycles. The molecule has 2 rings (SSSR count). The summed E-state index contributed by atoms with van der Waals surface area (Å²) in [6.07, 6.45) is 1.13. The van der Waals surface area contributed by atoms with Crippen LogP contribution in [0.2, 0.25) is 5.02 Å². The van der Waals surface area contributed by atoms with Crippen LogP contribution < -0.4 is 5.32 Å². The average Bonchev–Trinajstić information content (AvgIpc) is 2.51. The average molecular weight is 406 g/mol. The van der Waals surface area contributed by atoms with Crippen LogP contribution >= 0.6 is 11.6 Å². The van der Waals surface area contributed by atoms with Gasteiger partial charge in [-0.15, -0.1) is 0 Å². The van der Waals surface area contributed by atoms with E-state index >= 15 is 0 Å². The number of hydrogen-bond acceptors (Lipinski definition) is 2. The van der Waals surface area contributed by atoms with Gasteiger partial charge < -0.3 is 22.6 Å². The van der Waals surface area contributed by atoms with Gasteiger partial charge in [0, 0.05) is 6.54 Å². The van der Waals surface area contributed by atoms with E-state index in [1.54, 1.807) is 0 Å². The van der Waals surface area contributed by atoms with Crippen LogP contribution in [-0.4, -0.2) is 13.8 Å². The second kappa shape index (κ2) is 9.30. The maximum absolute atomic E-state index is 12.9. The molecule has 146 valence electrons. The number of diazo groups is 1. The van der Waals surface area contributed by atoms with Gasteiger partial charge in [-0.3, -0.25) is 0 Å². The van der Waals surface area contributed by atoms with Crippen molar-refractivity contribution in [2.24, 2.45) is 5.92 Å².